The average Bonchev–Trinajstić information content (AvgIpc) is 3.67. The van der Waals surface area contributed by atoms with Gasteiger partial charge >= 0.3 is 5.97 Å². The minimum Gasteiger partial charge on any atom is -0.503 e. The molecule has 3 aliphatic heterocycles. The van der Waals surface area contributed by atoms with E-state index in [0.29, 0.717) is 41.5 Å². The average molecular weight is 1140 g/mol. The summed E-state index contributed by atoms with van der Waals surface area (Å²) in [4.78, 5) is 73.5. The lowest BCUT2D eigenvalue weighted by Crippen LogP contribution is -2.37. The maximum absolute atomic E-state index is 13.9. The van der Waals surface area contributed by atoms with Gasteiger partial charge in [0, 0.05) is 50.6 Å². The van der Waals surface area contributed by atoms with Gasteiger partial charge in [-0.25, -0.2) is 4.79 Å². The number of para-hydroxylation sites is 1. The number of carbonyl (C=O) groups is 6. The number of nitrogens with two attached hydrogens (primary N) is 1. The monoisotopic (exact) mass is 1140 g/mol. The first-order chi connectivity index (χ1) is 34.8. The minimum atomic E-state index is -1.01. The Morgan fingerprint density at radius 2 is 1.37 bits per heavy atom. The summed E-state index contributed by atoms with van der Waals surface area (Å²) in [5.41, 5.74) is 6.09. The SMILES string of the molecule is COC(=O)C(=O)CC(=O)C(C)(C)COC1CCCCO1.COC1=C(C=O)C=C[C+]=C1.COc1ccccc1C1C(C(=O)C(C)(C)COC2CCCCO2)=C(O)C(=O)N1c1ccc(Br)cc1.Nc1ccc(Br)cc1. The number of hydrogen-bond donors (Lipinski definition) is 2. The molecule has 4 aliphatic rings. The summed E-state index contributed by atoms with van der Waals surface area (Å²) < 4.78 is 39.2. The smallest absolute Gasteiger partial charge is 0.374 e. The molecule has 2 fully saturated rings. The number of halogens is 2. The first kappa shape index (κ1) is 59.7. The quantitative estimate of drug-likeness (QED) is 0.0321. The van der Waals surface area contributed by atoms with E-state index in [4.69, 9.17) is 34.2 Å². The van der Waals surface area contributed by atoms with Gasteiger partial charge in [0.05, 0.1) is 64.1 Å². The van der Waals surface area contributed by atoms with Crippen LogP contribution in [0, 0.1) is 16.9 Å². The number of aliphatic hydroxyl groups excluding tert-OH is 1. The molecular weight excluding hydrogens is 1070 g/mol. The van der Waals surface area contributed by atoms with Crippen LogP contribution in [-0.2, 0) is 57.2 Å². The standard InChI is InChI=1S/C27H30BrNO6.C14H22O6.C8H7O2.C6H6BrN/c1-27(2,16-35-21-10-6-7-15-34-21)25(31)22-23(19-8-4-5-9-20(19)33-3)29(26(32)24(22)30)18-13-11-17(28)12-14-18;1-14(2,9-20-12-6-4-5-7-19-12)11(16)8-10(15)13(17)18-3;1-10-8-5-3-2-4-7(8)6-9;7-5-1-3-6(8)4-2-5/h4-5,8-9,11-14,21,23,30H,6-7,10,15-16H2,1-3H3;12H,4-9H2,1-3H3;2,4-6H,1H3;1-4H,8H2/q;;+1;. The van der Waals surface area contributed by atoms with E-state index >= 15 is 0 Å². The molecule has 18 heteroatoms. The Morgan fingerprint density at radius 3 is 1.86 bits per heavy atom. The molecule has 3 unspecified atom stereocenters. The van der Waals surface area contributed by atoms with Gasteiger partial charge in [0.15, 0.2) is 36.0 Å². The van der Waals surface area contributed by atoms with E-state index in [2.05, 4.69) is 42.7 Å². The van der Waals surface area contributed by atoms with Crippen LogP contribution < -0.4 is 15.4 Å². The van der Waals surface area contributed by atoms with Gasteiger partial charge in [0.25, 0.3) is 5.91 Å². The summed E-state index contributed by atoms with van der Waals surface area (Å²) in [5, 5.41) is 11.0. The number of ketones is 3. The van der Waals surface area contributed by atoms with Crippen LogP contribution in [0.25, 0.3) is 0 Å². The molecular formula is C55H65Br2N2O14+. The number of aldehydes is 1. The van der Waals surface area contributed by atoms with Crippen molar-refractivity contribution < 1.29 is 67.0 Å². The molecule has 3 N–H and O–H groups in total. The van der Waals surface area contributed by atoms with Crippen LogP contribution in [0.5, 0.6) is 5.75 Å². The lowest BCUT2D eigenvalue weighted by atomic mass is 9.81. The Hall–Kier alpha value is -5.85. The predicted octanol–water partition coefficient (Wildman–Crippen LogP) is 9.80. The molecule has 3 aromatic rings. The number of anilines is 2. The fourth-order valence-electron chi connectivity index (χ4n) is 7.43. The first-order valence-corrected chi connectivity index (χ1v) is 25.2. The molecule has 16 nitrogen and oxygen atoms in total. The number of carbonyl (C=O) groups excluding carboxylic acids is 6. The number of hydrogen-bond acceptors (Lipinski definition) is 15. The summed E-state index contributed by atoms with van der Waals surface area (Å²) in [6.07, 6.45) is 13.1. The van der Waals surface area contributed by atoms with Crippen molar-refractivity contribution in [3.63, 3.8) is 0 Å². The molecule has 3 atom stereocenters. The summed E-state index contributed by atoms with van der Waals surface area (Å²) in [6.45, 7) is 8.43. The Balaban J connectivity index is 0.000000252. The minimum absolute atomic E-state index is 0.0283. The molecule has 0 aromatic heterocycles. The number of ether oxygens (including phenoxy) is 7. The Labute approximate surface area is 444 Å². The third-order valence-electron chi connectivity index (χ3n) is 11.7. The zero-order valence-electron chi connectivity index (χ0n) is 42.3. The second kappa shape index (κ2) is 29.1. The Morgan fingerprint density at radius 1 is 0.808 bits per heavy atom. The van der Waals surface area contributed by atoms with Gasteiger partial charge in [-0.3, -0.25) is 28.9 Å². The number of Topliss-reactive ketones (excluding diaryl/α,β-unsaturated/α-hetero) is 3. The van der Waals surface area contributed by atoms with Crippen molar-refractivity contribution in [2.24, 2.45) is 10.8 Å². The highest BCUT2D eigenvalue weighted by Gasteiger charge is 2.49. The molecule has 7 rings (SSSR count). The van der Waals surface area contributed by atoms with E-state index in [-0.39, 0.29) is 42.9 Å². The number of esters is 1. The van der Waals surface area contributed by atoms with E-state index in [0.717, 1.165) is 66.6 Å². The summed E-state index contributed by atoms with van der Waals surface area (Å²) in [6, 6.07) is 21.0. The molecule has 1 aliphatic carbocycles. The molecule has 3 aromatic carbocycles. The van der Waals surface area contributed by atoms with Crippen LogP contribution in [0.2, 0.25) is 0 Å². The third kappa shape index (κ3) is 17.7. The van der Waals surface area contributed by atoms with E-state index in [9.17, 15) is 33.9 Å². The van der Waals surface area contributed by atoms with E-state index in [1.54, 1.807) is 82.3 Å². The largest absolute Gasteiger partial charge is 0.503 e. The highest BCUT2D eigenvalue weighted by atomic mass is 79.9. The highest BCUT2D eigenvalue weighted by Crippen LogP contribution is 2.46. The number of aliphatic hydroxyl groups is 1. The van der Waals surface area contributed by atoms with Crippen LogP contribution in [0.3, 0.4) is 0 Å². The van der Waals surface area contributed by atoms with Gasteiger partial charge in [-0.05, 0) is 93.1 Å². The second-order valence-electron chi connectivity index (χ2n) is 18.2. The second-order valence-corrected chi connectivity index (χ2v) is 20.1. The number of nitrogen functional groups attached to an aromatic ring is 1. The van der Waals surface area contributed by atoms with Crippen LogP contribution in [0.1, 0.15) is 84.2 Å². The lowest BCUT2D eigenvalue weighted by molar-refractivity contribution is -0.179. The summed E-state index contributed by atoms with van der Waals surface area (Å²) in [7, 11) is 4.17. The van der Waals surface area contributed by atoms with Gasteiger partial charge in [0.2, 0.25) is 11.5 Å². The van der Waals surface area contributed by atoms with Gasteiger partial charge in [-0.1, -0.05) is 77.8 Å². The highest BCUT2D eigenvalue weighted by molar-refractivity contribution is 9.10. The van der Waals surface area contributed by atoms with Crippen molar-refractivity contribution in [1.82, 2.24) is 0 Å². The molecule has 0 spiro atoms. The Kier molecular flexibility index (Phi) is 23.8. The number of nitrogens with zero attached hydrogens (tertiary/aromatic N) is 1. The zero-order chi connectivity index (χ0) is 53.7. The lowest BCUT2D eigenvalue weighted by Gasteiger charge is -2.32. The van der Waals surface area contributed by atoms with Crippen LogP contribution in [0.15, 0.2) is 123 Å². The summed E-state index contributed by atoms with van der Waals surface area (Å²) >= 11 is 6.70. The molecule has 2 saturated heterocycles. The summed E-state index contributed by atoms with van der Waals surface area (Å²) in [5.74, 6) is -2.66. The molecule has 0 bridgehead atoms. The number of benzene rings is 3. The fourth-order valence-corrected chi connectivity index (χ4v) is 7.95. The molecule has 73 heavy (non-hydrogen) atoms. The fraction of sp³-hybridized carbons (Fsp3) is 0.418. The van der Waals surface area contributed by atoms with Crippen molar-refractivity contribution in [1.29, 1.82) is 0 Å². The van der Waals surface area contributed by atoms with Gasteiger partial charge in [-0.15, -0.1) is 0 Å². The Bertz CT molecular complexity index is 2470. The number of allylic oxidation sites excluding steroid dienone is 5. The van der Waals surface area contributed by atoms with Crippen LogP contribution in [-0.4, -0.2) is 101 Å². The normalized spacial score (nSPS) is 18.4. The maximum Gasteiger partial charge on any atom is 0.374 e. The van der Waals surface area contributed by atoms with Crippen molar-refractivity contribution >= 4 is 78.7 Å². The number of rotatable bonds is 17. The maximum atomic E-state index is 13.9. The van der Waals surface area contributed by atoms with E-state index in [1.165, 1.54) is 19.1 Å². The van der Waals surface area contributed by atoms with Crippen molar-refractivity contribution in [3.05, 3.63) is 134 Å². The van der Waals surface area contributed by atoms with Crippen molar-refractivity contribution in [3.8, 4) is 5.75 Å². The van der Waals surface area contributed by atoms with Gasteiger partial charge < -0.3 is 44.0 Å². The topological polar surface area (TPSA) is 217 Å². The molecule has 0 radical (unpaired) electrons. The first-order valence-electron chi connectivity index (χ1n) is 23.6. The molecule has 3 heterocycles. The van der Waals surface area contributed by atoms with Crippen molar-refractivity contribution in [2.45, 2.75) is 91.3 Å². The van der Waals surface area contributed by atoms with E-state index < -0.39 is 46.7 Å². The molecule has 392 valence electrons. The molecule has 1 amide bonds. The zero-order valence-corrected chi connectivity index (χ0v) is 45.5. The predicted molar refractivity (Wildman–Crippen MR) is 281 cm³/mol. The van der Waals surface area contributed by atoms with Gasteiger partial charge in [-0.2, -0.15) is 0 Å². The number of amides is 1. The number of methoxy groups -OCH3 is 3. The molecule has 0 saturated carbocycles. The van der Waals surface area contributed by atoms with Crippen LogP contribution in [0.4, 0.5) is 11.4 Å². The van der Waals surface area contributed by atoms with Gasteiger partial charge in [0.1, 0.15) is 23.7 Å². The third-order valence-corrected chi connectivity index (χ3v) is 12.8. The van der Waals surface area contributed by atoms with Crippen molar-refractivity contribution in [2.75, 3.05) is 58.4 Å². The van der Waals surface area contributed by atoms with E-state index in [1.807, 2.05) is 36.4 Å². The van der Waals surface area contributed by atoms with Crippen LogP contribution >= 0.6 is 31.9 Å².